The van der Waals surface area contributed by atoms with Crippen molar-refractivity contribution in [1.82, 2.24) is 4.98 Å². The summed E-state index contributed by atoms with van der Waals surface area (Å²) >= 11 is 2.20. The minimum absolute atomic E-state index is 0.224. The first-order valence-electron chi connectivity index (χ1n) is 5.85. The molecule has 0 saturated heterocycles. The van der Waals surface area contributed by atoms with Crippen molar-refractivity contribution >= 4 is 34.2 Å². The van der Waals surface area contributed by atoms with Crippen LogP contribution in [0.4, 0.5) is 5.69 Å². The van der Waals surface area contributed by atoms with E-state index in [0.717, 1.165) is 9.26 Å². The highest BCUT2D eigenvalue weighted by Gasteiger charge is 2.13. The van der Waals surface area contributed by atoms with Gasteiger partial charge in [0.2, 0.25) is 5.88 Å². The minimum atomic E-state index is -0.224. The van der Waals surface area contributed by atoms with Crippen LogP contribution in [0.3, 0.4) is 0 Å². The van der Waals surface area contributed by atoms with Crippen LogP contribution in [0.5, 0.6) is 5.88 Å². The van der Waals surface area contributed by atoms with Crippen molar-refractivity contribution in [3.63, 3.8) is 0 Å². The molecule has 1 aromatic carbocycles. The zero-order chi connectivity index (χ0) is 13.7. The zero-order valence-electron chi connectivity index (χ0n) is 10.4. The van der Waals surface area contributed by atoms with E-state index in [2.05, 4.69) is 32.9 Å². The number of hydrogen-bond donors (Lipinski definition) is 1. The molecule has 5 heteroatoms. The van der Waals surface area contributed by atoms with E-state index in [0.29, 0.717) is 18.1 Å². The van der Waals surface area contributed by atoms with Gasteiger partial charge in [0.25, 0.3) is 5.91 Å². The summed E-state index contributed by atoms with van der Waals surface area (Å²) in [6.07, 6.45) is 1.60. The molecule has 0 fully saturated rings. The summed E-state index contributed by atoms with van der Waals surface area (Å²) in [6.45, 7) is 2.33. The number of pyridine rings is 1. The monoisotopic (exact) mass is 368 g/mol. The number of nitrogens with one attached hydrogen (secondary N) is 1. The van der Waals surface area contributed by atoms with Gasteiger partial charge in [0, 0.05) is 15.5 Å². The van der Waals surface area contributed by atoms with E-state index in [-0.39, 0.29) is 5.91 Å². The molecule has 0 aliphatic rings. The second kappa shape index (κ2) is 6.51. The Morgan fingerprint density at radius 3 is 2.95 bits per heavy atom. The average Bonchev–Trinajstić information content (AvgIpc) is 2.39. The molecule has 0 radical (unpaired) electrons. The molecular weight excluding hydrogens is 355 g/mol. The molecule has 0 aliphatic heterocycles. The largest absolute Gasteiger partial charge is 0.477 e. The normalized spacial score (nSPS) is 10.0. The van der Waals surface area contributed by atoms with E-state index in [4.69, 9.17) is 4.74 Å². The quantitative estimate of drug-likeness (QED) is 0.843. The standard InChI is InChI=1S/C14H13IN2O2/c1-2-19-14-12(7-4-8-16-14)13(18)17-11-6-3-5-10(15)9-11/h3-9H,2H2,1H3,(H,17,18). The molecule has 1 N–H and O–H groups in total. The summed E-state index contributed by atoms with van der Waals surface area (Å²) in [6, 6.07) is 11.0. The number of anilines is 1. The van der Waals surface area contributed by atoms with E-state index in [1.807, 2.05) is 31.2 Å². The maximum Gasteiger partial charge on any atom is 0.261 e. The van der Waals surface area contributed by atoms with Crippen LogP contribution in [0.2, 0.25) is 0 Å². The molecule has 0 atom stereocenters. The van der Waals surface area contributed by atoms with Crippen molar-refractivity contribution in [3.8, 4) is 5.88 Å². The molecule has 4 nitrogen and oxygen atoms in total. The number of halogens is 1. The van der Waals surface area contributed by atoms with Crippen molar-refractivity contribution in [2.75, 3.05) is 11.9 Å². The Morgan fingerprint density at radius 1 is 1.37 bits per heavy atom. The molecular formula is C14H13IN2O2. The number of hydrogen-bond acceptors (Lipinski definition) is 3. The lowest BCUT2D eigenvalue weighted by atomic mass is 10.2. The molecule has 0 aliphatic carbocycles. The summed E-state index contributed by atoms with van der Waals surface area (Å²) in [5.41, 5.74) is 1.19. The Hall–Kier alpha value is -1.63. The number of rotatable bonds is 4. The van der Waals surface area contributed by atoms with Gasteiger partial charge < -0.3 is 10.1 Å². The number of amides is 1. The molecule has 1 aromatic heterocycles. The predicted octanol–water partition coefficient (Wildman–Crippen LogP) is 3.34. The molecule has 0 saturated carbocycles. The van der Waals surface area contributed by atoms with E-state index in [9.17, 15) is 4.79 Å². The third kappa shape index (κ3) is 3.66. The number of ether oxygens (including phenoxy) is 1. The minimum Gasteiger partial charge on any atom is -0.477 e. The Labute approximate surface area is 125 Å². The maximum atomic E-state index is 12.2. The Morgan fingerprint density at radius 2 is 2.21 bits per heavy atom. The van der Waals surface area contributed by atoms with E-state index in [1.165, 1.54) is 0 Å². The molecule has 0 spiro atoms. The van der Waals surface area contributed by atoms with Gasteiger partial charge in [-0.3, -0.25) is 4.79 Å². The average molecular weight is 368 g/mol. The molecule has 0 unspecified atom stereocenters. The SMILES string of the molecule is CCOc1ncccc1C(=O)Nc1cccc(I)c1. The molecule has 19 heavy (non-hydrogen) atoms. The van der Waals surface area contributed by atoms with Crippen LogP contribution >= 0.6 is 22.6 Å². The fourth-order valence-electron chi connectivity index (χ4n) is 1.58. The topological polar surface area (TPSA) is 51.2 Å². The first-order valence-corrected chi connectivity index (χ1v) is 6.93. The number of nitrogens with zero attached hydrogens (tertiary/aromatic N) is 1. The predicted molar refractivity (Wildman–Crippen MR) is 82.5 cm³/mol. The van der Waals surface area contributed by atoms with E-state index in [1.54, 1.807) is 18.3 Å². The van der Waals surface area contributed by atoms with Crippen LogP contribution < -0.4 is 10.1 Å². The smallest absolute Gasteiger partial charge is 0.261 e. The van der Waals surface area contributed by atoms with Gasteiger partial charge in [-0.05, 0) is 59.8 Å². The molecule has 1 heterocycles. The van der Waals surface area contributed by atoms with Crippen LogP contribution in [0, 0.1) is 3.57 Å². The fourth-order valence-corrected chi connectivity index (χ4v) is 2.12. The van der Waals surface area contributed by atoms with Crippen molar-refractivity contribution in [1.29, 1.82) is 0 Å². The van der Waals surface area contributed by atoms with Crippen LogP contribution in [-0.2, 0) is 0 Å². The molecule has 1 amide bonds. The van der Waals surface area contributed by atoms with Gasteiger partial charge in [-0.25, -0.2) is 4.98 Å². The third-order valence-corrected chi connectivity index (χ3v) is 3.05. The van der Waals surface area contributed by atoms with Crippen LogP contribution in [0.15, 0.2) is 42.6 Å². The second-order valence-electron chi connectivity index (χ2n) is 3.75. The highest BCUT2D eigenvalue weighted by molar-refractivity contribution is 14.1. The first kappa shape index (κ1) is 13.8. The van der Waals surface area contributed by atoms with Crippen LogP contribution in [-0.4, -0.2) is 17.5 Å². The summed E-state index contributed by atoms with van der Waals surface area (Å²) < 4.78 is 6.41. The Balaban J connectivity index is 2.20. The van der Waals surface area contributed by atoms with Gasteiger partial charge >= 0.3 is 0 Å². The summed E-state index contributed by atoms with van der Waals surface area (Å²) in [5.74, 6) is 0.131. The van der Waals surface area contributed by atoms with Crippen molar-refractivity contribution < 1.29 is 9.53 Å². The third-order valence-electron chi connectivity index (χ3n) is 2.38. The van der Waals surface area contributed by atoms with Gasteiger partial charge in [-0.1, -0.05) is 6.07 Å². The van der Waals surface area contributed by atoms with Gasteiger partial charge in [0.15, 0.2) is 0 Å². The van der Waals surface area contributed by atoms with E-state index < -0.39 is 0 Å². The zero-order valence-corrected chi connectivity index (χ0v) is 12.5. The maximum absolute atomic E-state index is 12.2. The number of benzene rings is 1. The van der Waals surface area contributed by atoms with Gasteiger partial charge in [-0.15, -0.1) is 0 Å². The van der Waals surface area contributed by atoms with Gasteiger partial charge in [0.1, 0.15) is 5.56 Å². The Kier molecular flexibility index (Phi) is 4.73. The fraction of sp³-hybridized carbons (Fsp3) is 0.143. The molecule has 2 rings (SSSR count). The van der Waals surface area contributed by atoms with Gasteiger partial charge in [0.05, 0.1) is 6.61 Å². The summed E-state index contributed by atoms with van der Waals surface area (Å²) in [7, 11) is 0. The van der Waals surface area contributed by atoms with Crippen LogP contribution in [0.25, 0.3) is 0 Å². The van der Waals surface area contributed by atoms with Crippen molar-refractivity contribution in [3.05, 3.63) is 51.7 Å². The summed E-state index contributed by atoms with van der Waals surface area (Å²) in [5, 5.41) is 2.83. The lowest BCUT2D eigenvalue weighted by Gasteiger charge is -2.09. The number of carbonyl (C=O) groups excluding carboxylic acids is 1. The van der Waals surface area contributed by atoms with Gasteiger partial charge in [-0.2, -0.15) is 0 Å². The number of carbonyl (C=O) groups is 1. The second-order valence-corrected chi connectivity index (χ2v) is 5.00. The highest BCUT2D eigenvalue weighted by Crippen LogP contribution is 2.18. The molecule has 0 bridgehead atoms. The lowest BCUT2D eigenvalue weighted by Crippen LogP contribution is -2.14. The summed E-state index contributed by atoms with van der Waals surface area (Å²) in [4.78, 5) is 16.3. The van der Waals surface area contributed by atoms with Crippen LogP contribution in [0.1, 0.15) is 17.3 Å². The van der Waals surface area contributed by atoms with Crippen molar-refractivity contribution in [2.24, 2.45) is 0 Å². The highest BCUT2D eigenvalue weighted by atomic mass is 127. The van der Waals surface area contributed by atoms with E-state index >= 15 is 0 Å². The molecule has 2 aromatic rings. The lowest BCUT2D eigenvalue weighted by molar-refractivity contribution is 0.102. The first-order chi connectivity index (χ1) is 9.20. The Bertz CT molecular complexity index is 587. The van der Waals surface area contributed by atoms with Crippen molar-refractivity contribution in [2.45, 2.75) is 6.92 Å². The molecule has 98 valence electrons. The number of aromatic nitrogens is 1.